The Morgan fingerprint density at radius 2 is 0.667 bits per heavy atom. The smallest absolute Gasteiger partial charge is 2.00 e. The second-order valence-corrected chi connectivity index (χ2v) is 7.42. The van der Waals surface area contributed by atoms with Crippen LogP contribution in [-0.4, -0.2) is 0 Å². The molecule has 0 bridgehead atoms. The van der Waals surface area contributed by atoms with Crippen molar-refractivity contribution in [2.45, 2.75) is 0 Å². The first-order chi connectivity index (χ1) is 5.97. The number of rotatable bonds is 0. The largest absolute Gasteiger partial charge is 2.00 e. The van der Waals surface area contributed by atoms with Crippen molar-refractivity contribution < 1.29 is 47.3 Å². The summed E-state index contributed by atoms with van der Waals surface area (Å²) in [6, 6.07) is 0. The van der Waals surface area contributed by atoms with E-state index in [1.807, 2.05) is 0 Å². The molecule has 0 aliphatic carbocycles. The topological polar surface area (TPSA) is 143 Å². The van der Waals surface area contributed by atoms with Crippen molar-refractivity contribution in [2.24, 2.45) is 0 Å². The fraction of sp³-hybridized carbons (Fsp3) is 0. The van der Waals surface area contributed by atoms with E-state index in [4.69, 9.17) is 31.6 Å². The molecular weight excluding hydrogens is 333 g/mol. The molecule has 0 saturated heterocycles. The van der Waals surface area contributed by atoms with E-state index >= 15 is 0 Å². The van der Waals surface area contributed by atoms with Crippen LogP contribution in [0.4, 0.5) is 0 Å². The monoisotopic (exact) mass is 332 g/mol. The second-order valence-electron chi connectivity index (χ2n) is 1.80. The van der Waals surface area contributed by atoms with Crippen LogP contribution >= 0.6 is 0 Å². The van der Waals surface area contributed by atoms with E-state index < -0.39 is 10.7 Å². The van der Waals surface area contributed by atoms with Crippen molar-refractivity contribution >= 4 is 0 Å². The minimum absolute atomic E-state index is 0. The SMILES string of the molecule is N#[C][Fe-3]([C]#N)([C]#N)([C]#N)([C]#N)[C]#N.[Fe+2].[Zn+2]. The summed E-state index contributed by atoms with van der Waals surface area (Å²) in [5, 5.41) is 51.5. The van der Waals surface area contributed by atoms with Crippen LogP contribution in [0.1, 0.15) is 0 Å². The van der Waals surface area contributed by atoms with Gasteiger partial charge in [0.15, 0.2) is 0 Å². The van der Waals surface area contributed by atoms with E-state index in [1.54, 1.807) is 0 Å². The Bertz CT molecular complexity index is 395. The minimum Gasteiger partial charge on any atom is 2.00 e. The third kappa shape index (κ3) is 1.73. The van der Waals surface area contributed by atoms with Gasteiger partial charge >= 0.3 is 109 Å². The van der Waals surface area contributed by atoms with Crippen molar-refractivity contribution in [2.75, 3.05) is 0 Å². The predicted octanol–water partition coefficient (Wildman–Crippen LogP) is 0.0932. The molecule has 0 fully saturated rings. The number of nitrogens with zero attached hydrogens (tertiary/aromatic N) is 6. The Labute approximate surface area is 108 Å². The summed E-state index contributed by atoms with van der Waals surface area (Å²) in [6.07, 6.45) is 0. The van der Waals surface area contributed by atoms with E-state index in [2.05, 4.69) is 0 Å². The average molecular weight is 333 g/mol. The van der Waals surface area contributed by atoms with E-state index in [0.717, 1.165) is 29.8 Å². The normalized spacial score (nSPS) is 11.6. The van der Waals surface area contributed by atoms with Crippen molar-refractivity contribution in [1.29, 1.82) is 31.6 Å². The summed E-state index contributed by atoms with van der Waals surface area (Å²) < 4.78 is 0. The summed E-state index contributed by atoms with van der Waals surface area (Å²) in [5.41, 5.74) is 0. The first kappa shape index (κ1) is 19.2. The molecule has 0 aromatic heterocycles. The van der Waals surface area contributed by atoms with Crippen LogP contribution in [0.2, 0.25) is 0 Å². The molecule has 0 saturated carbocycles. The molecule has 0 heterocycles. The standard InChI is InChI=1S/6CN.2Fe.Zn/c6*1-2;;;/q;;;;;;-3;2*+2. The van der Waals surface area contributed by atoms with Crippen LogP contribution in [0, 0.1) is 61.4 Å². The Kier molecular flexibility index (Phi) is 5.66. The van der Waals surface area contributed by atoms with Crippen molar-refractivity contribution in [3.05, 3.63) is 0 Å². The Balaban J connectivity index is -0.000000720. The molecule has 0 rings (SSSR count). The average Bonchev–Trinajstić information content (AvgIpc) is 2.26. The maximum atomic E-state index is 8.58. The van der Waals surface area contributed by atoms with Crippen molar-refractivity contribution in [3.63, 3.8) is 0 Å². The maximum Gasteiger partial charge on any atom is 2.00 e. The van der Waals surface area contributed by atoms with Gasteiger partial charge in [-0.05, 0) is 0 Å². The quantitative estimate of drug-likeness (QED) is 0.575. The van der Waals surface area contributed by atoms with E-state index in [0.29, 0.717) is 0 Å². The van der Waals surface area contributed by atoms with Gasteiger partial charge in [0.1, 0.15) is 0 Å². The molecule has 0 spiro atoms. The number of hydrogen-bond donors (Lipinski definition) is 0. The van der Waals surface area contributed by atoms with Gasteiger partial charge in [0.2, 0.25) is 0 Å². The summed E-state index contributed by atoms with van der Waals surface area (Å²) in [4.78, 5) is 6.19. The van der Waals surface area contributed by atoms with Gasteiger partial charge in [-0.15, -0.1) is 0 Å². The molecule has 0 aliphatic rings. The molecule has 0 atom stereocenters. The van der Waals surface area contributed by atoms with E-state index in [9.17, 15) is 0 Å². The van der Waals surface area contributed by atoms with Gasteiger partial charge in [0.25, 0.3) is 0 Å². The summed E-state index contributed by atoms with van der Waals surface area (Å²) in [6.45, 7) is 0. The minimum atomic E-state index is -6.17. The van der Waals surface area contributed by atoms with Crippen molar-refractivity contribution in [1.82, 2.24) is 0 Å². The molecule has 71 valence electrons. The third-order valence-corrected chi connectivity index (χ3v) is 4.89. The van der Waals surface area contributed by atoms with Gasteiger partial charge in [0, 0.05) is 0 Å². The Hall–Kier alpha value is -1.40. The zero-order chi connectivity index (χ0) is 10.7. The van der Waals surface area contributed by atoms with Gasteiger partial charge in [0.05, 0.1) is 0 Å². The Morgan fingerprint density at radius 1 is 0.533 bits per heavy atom. The van der Waals surface area contributed by atoms with Gasteiger partial charge < -0.3 is 0 Å². The molecule has 15 heavy (non-hydrogen) atoms. The van der Waals surface area contributed by atoms with E-state index in [1.165, 1.54) is 0 Å². The molecule has 0 aromatic rings. The van der Waals surface area contributed by atoms with Crippen molar-refractivity contribution in [3.8, 4) is 29.8 Å². The number of hydrogen-bond acceptors (Lipinski definition) is 6. The molecule has 6 nitrogen and oxygen atoms in total. The summed E-state index contributed by atoms with van der Waals surface area (Å²) >= 11 is 0. The molecule has 9 heteroatoms. The van der Waals surface area contributed by atoms with Crippen LogP contribution in [0.3, 0.4) is 0 Å². The van der Waals surface area contributed by atoms with Crippen LogP contribution in [0.15, 0.2) is 0 Å². The van der Waals surface area contributed by atoms with Gasteiger partial charge in [-0.1, -0.05) is 0 Å². The van der Waals surface area contributed by atoms with E-state index in [-0.39, 0.29) is 36.5 Å². The zero-order valence-corrected chi connectivity index (χ0v) is 12.3. The first-order valence-corrected chi connectivity index (χ1v) is 5.71. The zero-order valence-electron chi connectivity index (χ0n) is 7.10. The molecule has 0 aromatic carbocycles. The predicted molar refractivity (Wildman–Crippen MR) is 33.7 cm³/mol. The van der Waals surface area contributed by atoms with Crippen LogP contribution in [0.5, 0.6) is 0 Å². The molecule has 0 amide bonds. The third-order valence-electron chi connectivity index (χ3n) is 1.19. The molecule has 0 N–H and O–H groups in total. The van der Waals surface area contributed by atoms with Gasteiger partial charge in [-0.3, -0.25) is 0 Å². The van der Waals surface area contributed by atoms with Crippen LogP contribution in [-0.2, 0) is 47.3 Å². The van der Waals surface area contributed by atoms with Gasteiger partial charge in [-0.25, -0.2) is 0 Å². The Morgan fingerprint density at radius 3 is 0.667 bits per heavy atom. The summed E-state index contributed by atoms with van der Waals surface area (Å²) in [5.74, 6) is 0. The second kappa shape index (κ2) is 4.41. The van der Waals surface area contributed by atoms with Crippen LogP contribution < -0.4 is 0 Å². The number of nitriles is 6. The molecule has 0 radical (unpaired) electrons. The van der Waals surface area contributed by atoms with Gasteiger partial charge in [-0.2, -0.15) is 0 Å². The molecular formula is C6Fe2N6Zn+. The first-order valence-electron chi connectivity index (χ1n) is 2.40. The fourth-order valence-corrected chi connectivity index (χ4v) is 1.09. The molecule has 0 aliphatic heterocycles. The maximum absolute atomic E-state index is 8.58. The summed E-state index contributed by atoms with van der Waals surface area (Å²) in [7, 11) is -6.17. The fourth-order valence-electron chi connectivity index (χ4n) is 0.265. The van der Waals surface area contributed by atoms with Crippen LogP contribution in [0.25, 0.3) is 0 Å². The molecule has 0 unspecified atom stereocenters.